The van der Waals surface area contributed by atoms with E-state index in [0.29, 0.717) is 5.01 Å². The van der Waals surface area contributed by atoms with Gasteiger partial charge in [-0.15, -0.1) is 0 Å². The van der Waals surface area contributed by atoms with Crippen molar-refractivity contribution >= 4 is 23.4 Å². The van der Waals surface area contributed by atoms with Crippen LogP contribution in [-0.4, -0.2) is 21.8 Å². The van der Waals surface area contributed by atoms with Crippen molar-refractivity contribution in [1.82, 2.24) is 9.99 Å². The molecule has 0 spiro atoms. The summed E-state index contributed by atoms with van der Waals surface area (Å²) in [5.41, 5.74) is 0.135. The van der Waals surface area contributed by atoms with E-state index >= 15 is 0 Å². The smallest absolute Gasteiger partial charge is 0.273 e. The number of pyridine rings is 1. The monoisotopic (exact) mass is 297 g/mol. The molecule has 0 fully saturated rings. The summed E-state index contributed by atoms with van der Waals surface area (Å²) >= 11 is 5.80. The normalized spacial score (nSPS) is 10.3. The Morgan fingerprint density at radius 3 is 2.65 bits per heavy atom. The molecule has 0 aliphatic carbocycles. The number of imide groups is 1. The van der Waals surface area contributed by atoms with E-state index in [0.717, 1.165) is 32.1 Å². The summed E-state index contributed by atoms with van der Waals surface area (Å²) in [5.74, 6) is 4.53. The molecular formula is C14H20ClN3O2. The lowest BCUT2D eigenvalue weighted by Gasteiger charge is -2.15. The van der Waals surface area contributed by atoms with Crippen molar-refractivity contribution < 1.29 is 9.59 Å². The third kappa shape index (κ3) is 4.90. The number of unbranched alkanes of at least 4 members (excludes halogenated alkanes) is 4. The Balaban J connectivity index is 2.48. The van der Waals surface area contributed by atoms with Crippen LogP contribution in [0.3, 0.4) is 0 Å². The van der Waals surface area contributed by atoms with E-state index in [1.54, 1.807) is 6.07 Å². The highest BCUT2D eigenvalue weighted by Gasteiger charge is 2.21. The summed E-state index contributed by atoms with van der Waals surface area (Å²) < 4.78 is 0. The number of carbonyl (C=O) groups is 2. The standard InChI is InChI=1S/C14H20ClN3O2/c1-2-3-4-5-6-9-12(19)18(16)14(20)11-8-7-10-17-13(11)15/h7-8,10H,2-6,9,16H2,1H3. The predicted octanol–water partition coefficient (Wildman–Crippen LogP) is 2.94. The molecule has 20 heavy (non-hydrogen) atoms. The van der Waals surface area contributed by atoms with Gasteiger partial charge in [0.25, 0.3) is 5.91 Å². The molecule has 0 saturated carbocycles. The number of hydrogen-bond donors (Lipinski definition) is 1. The molecule has 1 aromatic rings. The van der Waals surface area contributed by atoms with E-state index in [1.165, 1.54) is 12.3 Å². The lowest BCUT2D eigenvalue weighted by atomic mass is 10.1. The maximum atomic E-state index is 12.0. The number of hydrogen-bond acceptors (Lipinski definition) is 4. The minimum atomic E-state index is -0.623. The van der Waals surface area contributed by atoms with E-state index in [-0.39, 0.29) is 17.1 Å². The van der Waals surface area contributed by atoms with Crippen LogP contribution >= 0.6 is 11.6 Å². The van der Waals surface area contributed by atoms with E-state index < -0.39 is 11.8 Å². The molecule has 0 atom stereocenters. The zero-order valence-corrected chi connectivity index (χ0v) is 12.4. The number of amides is 2. The third-order valence-corrected chi connectivity index (χ3v) is 3.27. The SMILES string of the molecule is CCCCCCCC(=O)N(N)C(=O)c1cccnc1Cl. The zero-order valence-electron chi connectivity index (χ0n) is 11.6. The molecule has 5 nitrogen and oxygen atoms in total. The van der Waals surface area contributed by atoms with Crippen LogP contribution in [0, 0.1) is 0 Å². The van der Waals surface area contributed by atoms with Crippen LogP contribution in [-0.2, 0) is 4.79 Å². The van der Waals surface area contributed by atoms with Crippen LogP contribution in [0.4, 0.5) is 0 Å². The molecule has 1 rings (SSSR count). The second kappa shape index (κ2) is 8.66. The van der Waals surface area contributed by atoms with Gasteiger partial charge in [-0.2, -0.15) is 0 Å². The van der Waals surface area contributed by atoms with Gasteiger partial charge in [0.2, 0.25) is 5.91 Å². The molecule has 0 aliphatic heterocycles. The Hall–Kier alpha value is -1.46. The fourth-order valence-electron chi connectivity index (χ4n) is 1.79. The van der Waals surface area contributed by atoms with Gasteiger partial charge in [-0.1, -0.05) is 44.2 Å². The van der Waals surface area contributed by atoms with Gasteiger partial charge >= 0.3 is 0 Å². The molecule has 0 saturated heterocycles. The van der Waals surface area contributed by atoms with E-state index in [1.807, 2.05) is 0 Å². The van der Waals surface area contributed by atoms with E-state index in [2.05, 4.69) is 11.9 Å². The first-order valence-electron chi connectivity index (χ1n) is 6.80. The summed E-state index contributed by atoms with van der Waals surface area (Å²) in [6.45, 7) is 2.13. The van der Waals surface area contributed by atoms with E-state index in [9.17, 15) is 9.59 Å². The largest absolute Gasteiger partial charge is 0.277 e. The minimum Gasteiger partial charge on any atom is -0.273 e. The van der Waals surface area contributed by atoms with Crippen LogP contribution in [0.25, 0.3) is 0 Å². The van der Waals surface area contributed by atoms with Crippen LogP contribution in [0.5, 0.6) is 0 Å². The van der Waals surface area contributed by atoms with Gasteiger partial charge in [0.1, 0.15) is 5.15 Å². The van der Waals surface area contributed by atoms with Gasteiger partial charge in [0.15, 0.2) is 0 Å². The maximum Gasteiger partial charge on any atom is 0.277 e. The van der Waals surface area contributed by atoms with Crippen molar-refractivity contribution in [2.24, 2.45) is 5.84 Å². The summed E-state index contributed by atoms with van der Waals surface area (Å²) in [4.78, 5) is 27.6. The number of carbonyl (C=O) groups excluding carboxylic acids is 2. The molecule has 2 amide bonds. The first kappa shape index (κ1) is 16.6. The fraction of sp³-hybridized carbons (Fsp3) is 0.500. The average molecular weight is 298 g/mol. The second-order valence-electron chi connectivity index (χ2n) is 4.57. The zero-order chi connectivity index (χ0) is 15.0. The highest BCUT2D eigenvalue weighted by Crippen LogP contribution is 2.14. The highest BCUT2D eigenvalue weighted by molar-refractivity contribution is 6.32. The Bertz CT molecular complexity index is 465. The first-order valence-corrected chi connectivity index (χ1v) is 7.18. The van der Waals surface area contributed by atoms with Crippen molar-refractivity contribution in [1.29, 1.82) is 0 Å². The van der Waals surface area contributed by atoms with Gasteiger partial charge in [-0.3, -0.25) is 9.59 Å². The second-order valence-corrected chi connectivity index (χ2v) is 4.93. The number of nitrogens with zero attached hydrogens (tertiary/aromatic N) is 2. The Kier molecular flexibility index (Phi) is 7.18. The number of halogens is 1. The van der Waals surface area contributed by atoms with Crippen LogP contribution < -0.4 is 5.84 Å². The van der Waals surface area contributed by atoms with Gasteiger partial charge in [0.05, 0.1) is 5.56 Å². The molecule has 0 unspecified atom stereocenters. The summed E-state index contributed by atoms with van der Waals surface area (Å²) in [5, 5.41) is 0.673. The Morgan fingerprint density at radius 2 is 2.00 bits per heavy atom. The number of rotatable bonds is 7. The van der Waals surface area contributed by atoms with Crippen LogP contribution in [0.1, 0.15) is 55.8 Å². The predicted molar refractivity (Wildman–Crippen MR) is 78.0 cm³/mol. The molecule has 2 N–H and O–H groups in total. The Labute approximate surface area is 124 Å². The topological polar surface area (TPSA) is 76.3 Å². The fourth-order valence-corrected chi connectivity index (χ4v) is 1.99. The average Bonchev–Trinajstić information content (AvgIpc) is 2.46. The molecule has 0 aromatic carbocycles. The first-order chi connectivity index (χ1) is 9.57. The van der Waals surface area contributed by atoms with Gasteiger partial charge < -0.3 is 0 Å². The van der Waals surface area contributed by atoms with Crippen molar-refractivity contribution in [2.75, 3.05) is 0 Å². The minimum absolute atomic E-state index is 0.0451. The quantitative estimate of drug-likeness (QED) is 0.276. The molecule has 6 heteroatoms. The molecular weight excluding hydrogens is 278 g/mol. The molecule has 0 radical (unpaired) electrons. The highest BCUT2D eigenvalue weighted by atomic mass is 35.5. The molecule has 0 bridgehead atoms. The Morgan fingerprint density at radius 1 is 1.30 bits per heavy atom. The number of nitrogens with two attached hydrogens (primary N) is 1. The van der Waals surface area contributed by atoms with Crippen LogP contribution in [0.15, 0.2) is 18.3 Å². The van der Waals surface area contributed by atoms with Crippen molar-refractivity contribution in [3.05, 3.63) is 29.0 Å². The number of hydrazine groups is 1. The molecule has 0 aliphatic rings. The summed E-state index contributed by atoms with van der Waals surface area (Å²) in [6.07, 6.45) is 6.84. The lowest BCUT2D eigenvalue weighted by Crippen LogP contribution is -2.42. The van der Waals surface area contributed by atoms with Gasteiger partial charge in [-0.25, -0.2) is 15.8 Å². The van der Waals surface area contributed by atoms with Crippen LogP contribution in [0.2, 0.25) is 5.15 Å². The molecule has 1 heterocycles. The molecule has 110 valence electrons. The van der Waals surface area contributed by atoms with E-state index in [4.69, 9.17) is 17.4 Å². The van der Waals surface area contributed by atoms with Crippen molar-refractivity contribution in [3.8, 4) is 0 Å². The summed E-state index contributed by atoms with van der Waals surface area (Å²) in [6, 6.07) is 3.06. The third-order valence-electron chi connectivity index (χ3n) is 2.97. The molecule has 1 aromatic heterocycles. The number of aromatic nitrogens is 1. The summed E-state index contributed by atoms with van der Waals surface area (Å²) in [7, 11) is 0. The van der Waals surface area contributed by atoms with Crippen molar-refractivity contribution in [2.45, 2.75) is 45.4 Å². The maximum absolute atomic E-state index is 12.0. The van der Waals surface area contributed by atoms with Crippen molar-refractivity contribution in [3.63, 3.8) is 0 Å². The van der Waals surface area contributed by atoms with Gasteiger partial charge in [0, 0.05) is 12.6 Å². The lowest BCUT2D eigenvalue weighted by molar-refractivity contribution is -0.129. The van der Waals surface area contributed by atoms with Gasteiger partial charge in [-0.05, 0) is 18.6 Å².